The molecule has 0 radical (unpaired) electrons. The van der Waals surface area contributed by atoms with Crippen LogP contribution in [-0.2, 0) is 11.3 Å². The lowest BCUT2D eigenvalue weighted by atomic mass is 10.2. The average Bonchev–Trinajstić information content (AvgIpc) is 2.37. The molecule has 102 valence electrons. The minimum Gasteiger partial charge on any atom is -0.497 e. The van der Waals surface area contributed by atoms with E-state index in [1.165, 1.54) is 0 Å². The number of benzene rings is 1. The molecule has 0 unspecified atom stereocenters. The Kier molecular flexibility index (Phi) is 6.54. The van der Waals surface area contributed by atoms with Crippen molar-refractivity contribution >= 4 is 0 Å². The number of ether oxygens (including phenoxy) is 3. The van der Waals surface area contributed by atoms with E-state index in [2.05, 4.69) is 19.2 Å². The first-order valence-electron chi connectivity index (χ1n) is 6.19. The SMILES string of the molecule is COCCOc1cc(OC)ccc1CNC(C)C. The first-order chi connectivity index (χ1) is 8.67. The van der Waals surface area contributed by atoms with E-state index < -0.39 is 0 Å². The van der Waals surface area contributed by atoms with Gasteiger partial charge in [0.2, 0.25) is 0 Å². The van der Waals surface area contributed by atoms with Crippen LogP contribution in [0.25, 0.3) is 0 Å². The van der Waals surface area contributed by atoms with Crippen molar-refractivity contribution in [3.8, 4) is 11.5 Å². The third kappa shape index (κ3) is 4.94. The molecule has 1 aromatic rings. The molecule has 0 saturated heterocycles. The predicted octanol–water partition coefficient (Wildman–Crippen LogP) is 2.22. The van der Waals surface area contributed by atoms with Crippen LogP contribution in [0, 0.1) is 0 Å². The summed E-state index contributed by atoms with van der Waals surface area (Å²) in [5.41, 5.74) is 1.13. The van der Waals surface area contributed by atoms with Crippen LogP contribution in [-0.4, -0.2) is 33.5 Å². The molecule has 4 nitrogen and oxygen atoms in total. The Balaban J connectivity index is 2.72. The van der Waals surface area contributed by atoms with Crippen molar-refractivity contribution < 1.29 is 14.2 Å². The van der Waals surface area contributed by atoms with Gasteiger partial charge >= 0.3 is 0 Å². The van der Waals surface area contributed by atoms with Crippen LogP contribution in [0.15, 0.2) is 18.2 Å². The Labute approximate surface area is 109 Å². The Morgan fingerprint density at radius 1 is 1.17 bits per heavy atom. The van der Waals surface area contributed by atoms with Crippen LogP contribution >= 0.6 is 0 Å². The van der Waals surface area contributed by atoms with Gasteiger partial charge in [-0.15, -0.1) is 0 Å². The van der Waals surface area contributed by atoms with Crippen LogP contribution in [0.3, 0.4) is 0 Å². The van der Waals surface area contributed by atoms with Crippen molar-refractivity contribution in [3.63, 3.8) is 0 Å². The molecule has 0 fully saturated rings. The van der Waals surface area contributed by atoms with E-state index in [4.69, 9.17) is 14.2 Å². The number of rotatable bonds is 8. The van der Waals surface area contributed by atoms with Crippen molar-refractivity contribution in [1.29, 1.82) is 0 Å². The molecule has 0 spiro atoms. The molecule has 0 saturated carbocycles. The monoisotopic (exact) mass is 253 g/mol. The van der Waals surface area contributed by atoms with Crippen molar-refractivity contribution in [1.82, 2.24) is 5.32 Å². The zero-order valence-corrected chi connectivity index (χ0v) is 11.7. The highest BCUT2D eigenvalue weighted by molar-refractivity contribution is 5.40. The molecular weight excluding hydrogens is 230 g/mol. The molecule has 0 aromatic heterocycles. The topological polar surface area (TPSA) is 39.7 Å². The van der Waals surface area contributed by atoms with Crippen LogP contribution in [0.1, 0.15) is 19.4 Å². The molecule has 1 aromatic carbocycles. The van der Waals surface area contributed by atoms with Gasteiger partial charge in [-0.05, 0) is 6.07 Å². The van der Waals surface area contributed by atoms with Gasteiger partial charge < -0.3 is 19.5 Å². The molecule has 0 amide bonds. The number of methoxy groups -OCH3 is 2. The molecule has 0 heterocycles. The quantitative estimate of drug-likeness (QED) is 0.721. The van der Waals surface area contributed by atoms with Crippen molar-refractivity contribution in [2.45, 2.75) is 26.4 Å². The third-order valence-electron chi connectivity index (χ3n) is 2.52. The maximum absolute atomic E-state index is 5.71. The summed E-state index contributed by atoms with van der Waals surface area (Å²) in [5.74, 6) is 1.65. The second kappa shape index (κ2) is 7.95. The van der Waals surface area contributed by atoms with E-state index in [0.717, 1.165) is 23.6 Å². The fraction of sp³-hybridized carbons (Fsp3) is 0.571. The standard InChI is InChI=1S/C14H23NO3/c1-11(2)15-10-12-5-6-13(17-4)9-14(12)18-8-7-16-3/h5-6,9,11,15H,7-8,10H2,1-4H3. The smallest absolute Gasteiger partial charge is 0.127 e. The summed E-state index contributed by atoms with van der Waals surface area (Å²) in [4.78, 5) is 0. The van der Waals surface area contributed by atoms with E-state index in [1.54, 1.807) is 14.2 Å². The van der Waals surface area contributed by atoms with Gasteiger partial charge in [0.05, 0.1) is 13.7 Å². The van der Waals surface area contributed by atoms with Gasteiger partial charge in [0.25, 0.3) is 0 Å². The zero-order chi connectivity index (χ0) is 13.4. The minimum atomic E-state index is 0.443. The van der Waals surface area contributed by atoms with Crippen LogP contribution in [0.4, 0.5) is 0 Å². The Morgan fingerprint density at radius 2 is 1.94 bits per heavy atom. The number of hydrogen-bond acceptors (Lipinski definition) is 4. The number of nitrogens with one attached hydrogen (secondary N) is 1. The van der Waals surface area contributed by atoms with E-state index in [0.29, 0.717) is 19.3 Å². The van der Waals surface area contributed by atoms with Gasteiger partial charge in [-0.25, -0.2) is 0 Å². The van der Waals surface area contributed by atoms with Crippen molar-refractivity contribution in [2.24, 2.45) is 0 Å². The maximum atomic E-state index is 5.71. The molecule has 4 heteroatoms. The molecular formula is C14H23NO3. The molecule has 0 atom stereocenters. The largest absolute Gasteiger partial charge is 0.497 e. The summed E-state index contributed by atoms with van der Waals surface area (Å²) in [5, 5.41) is 3.38. The van der Waals surface area contributed by atoms with Crippen LogP contribution < -0.4 is 14.8 Å². The Bertz CT molecular complexity index is 353. The second-order valence-corrected chi connectivity index (χ2v) is 4.35. The summed E-state index contributed by atoms with van der Waals surface area (Å²) in [6, 6.07) is 6.32. The van der Waals surface area contributed by atoms with Gasteiger partial charge in [0, 0.05) is 31.3 Å². The third-order valence-corrected chi connectivity index (χ3v) is 2.52. The molecule has 1 N–H and O–H groups in total. The summed E-state index contributed by atoms with van der Waals surface area (Å²) in [6.45, 7) is 6.14. The Morgan fingerprint density at radius 3 is 2.56 bits per heavy atom. The highest BCUT2D eigenvalue weighted by atomic mass is 16.5. The van der Waals surface area contributed by atoms with Crippen molar-refractivity contribution in [3.05, 3.63) is 23.8 Å². The van der Waals surface area contributed by atoms with Gasteiger partial charge in [-0.3, -0.25) is 0 Å². The van der Waals surface area contributed by atoms with Crippen LogP contribution in [0.2, 0.25) is 0 Å². The molecule has 0 bridgehead atoms. The van der Waals surface area contributed by atoms with Gasteiger partial charge in [-0.1, -0.05) is 19.9 Å². The Hall–Kier alpha value is -1.26. The number of hydrogen-bond donors (Lipinski definition) is 1. The van der Waals surface area contributed by atoms with Crippen LogP contribution in [0.5, 0.6) is 11.5 Å². The first kappa shape index (κ1) is 14.8. The van der Waals surface area contributed by atoms with Gasteiger partial charge in [0.15, 0.2) is 0 Å². The summed E-state index contributed by atoms with van der Waals surface area (Å²) in [7, 11) is 3.32. The van der Waals surface area contributed by atoms with E-state index >= 15 is 0 Å². The lowest BCUT2D eigenvalue weighted by Crippen LogP contribution is -2.22. The highest BCUT2D eigenvalue weighted by Gasteiger charge is 2.06. The lowest BCUT2D eigenvalue weighted by Gasteiger charge is -2.14. The van der Waals surface area contributed by atoms with Crippen molar-refractivity contribution in [2.75, 3.05) is 27.4 Å². The molecule has 1 rings (SSSR count). The predicted molar refractivity (Wildman–Crippen MR) is 72.3 cm³/mol. The molecule has 0 aliphatic rings. The summed E-state index contributed by atoms with van der Waals surface area (Å²) < 4.78 is 15.9. The van der Waals surface area contributed by atoms with E-state index in [1.807, 2.05) is 18.2 Å². The fourth-order valence-electron chi connectivity index (χ4n) is 1.49. The highest BCUT2D eigenvalue weighted by Crippen LogP contribution is 2.24. The zero-order valence-electron chi connectivity index (χ0n) is 11.7. The lowest BCUT2D eigenvalue weighted by molar-refractivity contribution is 0.145. The summed E-state index contributed by atoms with van der Waals surface area (Å²) in [6.07, 6.45) is 0. The maximum Gasteiger partial charge on any atom is 0.127 e. The molecule has 0 aliphatic heterocycles. The first-order valence-corrected chi connectivity index (χ1v) is 6.19. The van der Waals surface area contributed by atoms with E-state index in [9.17, 15) is 0 Å². The average molecular weight is 253 g/mol. The molecule has 0 aliphatic carbocycles. The fourth-order valence-corrected chi connectivity index (χ4v) is 1.49. The van der Waals surface area contributed by atoms with E-state index in [-0.39, 0.29) is 0 Å². The van der Waals surface area contributed by atoms with Gasteiger partial charge in [-0.2, -0.15) is 0 Å². The normalized spacial score (nSPS) is 10.7. The molecule has 18 heavy (non-hydrogen) atoms. The minimum absolute atomic E-state index is 0.443. The summed E-state index contributed by atoms with van der Waals surface area (Å²) >= 11 is 0. The van der Waals surface area contributed by atoms with Gasteiger partial charge in [0.1, 0.15) is 18.1 Å². The second-order valence-electron chi connectivity index (χ2n) is 4.35.